The van der Waals surface area contributed by atoms with E-state index in [0.29, 0.717) is 16.9 Å². The van der Waals surface area contributed by atoms with Gasteiger partial charge in [0.1, 0.15) is 17.7 Å². The van der Waals surface area contributed by atoms with Crippen LogP contribution in [0, 0.1) is 0 Å². The fraction of sp³-hybridized carbons (Fsp3) is 0.0909. The minimum atomic E-state index is -4.46. The number of aromatic amines is 1. The van der Waals surface area contributed by atoms with Crippen molar-refractivity contribution in [2.24, 2.45) is 0 Å². The number of imidazole rings is 1. The van der Waals surface area contributed by atoms with Gasteiger partial charge in [-0.25, -0.2) is 15.0 Å². The average Bonchev–Trinajstić information content (AvgIpc) is 3.49. The Morgan fingerprint density at radius 3 is 2.79 bits per heavy atom. The highest BCUT2D eigenvalue weighted by molar-refractivity contribution is 5.93. The van der Waals surface area contributed by atoms with Crippen LogP contribution in [0.4, 0.5) is 13.2 Å². The van der Waals surface area contributed by atoms with Gasteiger partial charge in [0.15, 0.2) is 5.82 Å². The van der Waals surface area contributed by atoms with Crippen molar-refractivity contribution in [1.82, 2.24) is 35.4 Å². The standard InChI is InChI=1S/C22H14F3N7O2/c23-22(24,25)13-3-4-15-17(6-13)31-20(30-15)19-7-14(32-34-19)10-27-21(33)18-8-16(28-11-29-18)12-2-1-5-26-9-12/h1-9,11H,10H2,(H,27,33)(H,30,31). The van der Waals surface area contributed by atoms with Crippen LogP contribution in [-0.4, -0.2) is 36.0 Å². The molecule has 9 nitrogen and oxygen atoms in total. The van der Waals surface area contributed by atoms with Gasteiger partial charge >= 0.3 is 6.18 Å². The number of hydrogen-bond acceptors (Lipinski definition) is 7. The Morgan fingerprint density at radius 2 is 2.00 bits per heavy atom. The predicted molar refractivity (Wildman–Crippen MR) is 113 cm³/mol. The molecule has 0 unspecified atom stereocenters. The lowest BCUT2D eigenvalue weighted by atomic mass is 10.2. The van der Waals surface area contributed by atoms with Crippen molar-refractivity contribution in [3.8, 4) is 22.8 Å². The van der Waals surface area contributed by atoms with Crippen LogP contribution in [0.2, 0.25) is 0 Å². The number of H-pyrrole nitrogens is 1. The van der Waals surface area contributed by atoms with Gasteiger partial charge in [-0.15, -0.1) is 0 Å². The summed E-state index contributed by atoms with van der Waals surface area (Å²) in [5.74, 6) is -0.00766. The topological polar surface area (TPSA) is 122 Å². The van der Waals surface area contributed by atoms with E-state index in [0.717, 1.165) is 17.7 Å². The fourth-order valence-electron chi connectivity index (χ4n) is 3.22. The molecule has 1 aromatic carbocycles. The van der Waals surface area contributed by atoms with Gasteiger partial charge in [0, 0.05) is 24.0 Å². The SMILES string of the molecule is O=C(NCc1cc(-c2nc3ccc(C(F)(F)F)cc3[nH]2)on1)c1cc(-c2cccnc2)ncn1. The zero-order chi connectivity index (χ0) is 23.7. The third-order valence-corrected chi connectivity index (χ3v) is 4.89. The lowest BCUT2D eigenvalue weighted by Gasteiger charge is -2.05. The Balaban J connectivity index is 1.28. The van der Waals surface area contributed by atoms with Gasteiger partial charge in [0.25, 0.3) is 5.91 Å². The molecular weight excluding hydrogens is 451 g/mol. The summed E-state index contributed by atoms with van der Waals surface area (Å²) < 4.78 is 44.0. The second-order valence-corrected chi connectivity index (χ2v) is 7.21. The van der Waals surface area contributed by atoms with Crippen molar-refractivity contribution in [1.29, 1.82) is 0 Å². The van der Waals surface area contributed by atoms with Crippen LogP contribution in [0.3, 0.4) is 0 Å². The second-order valence-electron chi connectivity index (χ2n) is 7.21. The van der Waals surface area contributed by atoms with Crippen molar-refractivity contribution >= 4 is 16.9 Å². The summed E-state index contributed by atoms with van der Waals surface area (Å²) in [6.07, 6.45) is 0.0925. The normalized spacial score (nSPS) is 11.6. The molecule has 0 radical (unpaired) electrons. The summed E-state index contributed by atoms with van der Waals surface area (Å²) in [5.41, 5.74) is 1.62. The molecule has 0 bridgehead atoms. The molecule has 170 valence electrons. The summed E-state index contributed by atoms with van der Waals surface area (Å²) in [6, 6.07) is 9.86. The molecule has 0 aliphatic rings. The Labute approximate surface area is 189 Å². The Bertz CT molecular complexity index is 1480. The highest BCUT2D eigenvalue weighted by Gasteiger charge is 2.30. The van der Waals surface area contributed by atoms with E-state index < -0.39 is 17.6 Å². The Morgan fingerprint density at radius 1 is 1.12 bits per heavy atom. The number of alkyl halides is 3. The maximum Gasteiger partial charge on any atom is 0.416 e. The lowest BCUT2D eigenvalue weighted by Crippen LogP contribution is -2.24. The van der Waals surface area contributed by atoms with Gasteiger partial charge in [-0.05, 0) is 36.4 Å². The minimum Gasteiger partial charge on any atom is -0.353 e. The molecule has 0 spiro atoms. The molecule has 0 aliphatic heterocycles. The minimum absolute atomic E-state index is 0.0347. The molecule has 2 N–H and O–H groups in total. The molecule has 4 aromatic heterocycles. The van der Waals surface area contributed by atoms with E-state index in [4.69, 9.17) is 4.52 Å². The molecule has 12 heteroatoms. The first-order valence-corrected chi connectivity index (χ1v) is 9.90. The number of carbonyl (C=O) groups excluding carboxylic acids is 1. The first-order valence-electron chi connectivity index (χ1n) is 9.90. The van der Waals surface area contributed by atoms with Gasteiger partial charge in [-0.2, -0.15) is 13.2 Å². The largest absolute Gasteiger partial charge is 0.416 e. The van der Waals surface area contributed by atoms with Crippen LogP contribution in [-0.2, 0) is 12.7 Å². The second kappa shape index (κ2) is 8.39. The quantitative estimate of drug-likeness (QED) is 0.402. The van der Waals surface area contributed by atoms with E-state index >= 15 is 0 Å². The van der Waals surface area contributed by atoms with Crippen molar-refractivity contribution < 1.29 is 22.5 Å². The molecule has 0 saturated carbocycles. The summed E-state index contributed by atoms with van der Waals surface area (Å²) in [5, 5.41) is 6.57. The number of pyridine rings is 1. The molecule has 4 heterocycles. The smallest absolute Gasteiger partial charge is 0.353 e. The first-order chi connectivity index (χ1) is 16.4. The van der Waals surface area contributed by atoms with Crippen LogP contribution < -0.4 is 5.32 Å². The van der Waals surface area contributed by atoms with E-state index in [1.165, 1.54) is 18.5 Å². The number of benzene rings is 1. The molecule has 34 heavy (non-hydrogen) atoms. The number of aromatic nitrogens is 6. The highest BCUT2D eigenvalue weighted by atomic mass is 19.4. The number of nitrogens with one attached hydrogen (secondary N) is 2. The van der Waals surface area contributed by atoms with Gasteiger partial charge < -0.3 is 14.8 Å². The number of hydrogen-bond donors (Lipinski definition) is 2. The van der Waals surface area contributed by atoms with Gasteiger partial charge in [0.2, 0.25) is 5.76 Å². The van der Waals surface area contributed by atoms with Crippen LogP contribution in [0.25, 0.3) is 33.9 Å². The number of rotatable bonds is 5. The van der Waals surface area contributed by atoms with Gasteiger partial charge in [0.05, 0.1) is 28.8 Å². The Hall–Kier alpha value is -4.61. The predicted octanol–water partition coefficient (Wildman–Crippen LogP) is 4.02. The molecule has 5 aromatic rings. The molecule has 0 aliphatic carbocycles. The monoisotopic (exact) mass is 465 g/mol. The van der Waals surface area contributed by atoms with Crippen molar-refractivity contribution in [2.75, 3.05) is 0 Å². The average molecular weight is 465 g/mol. The molecule has 0 saturated heterocycles. The fourth-order valence-corrected chi connectivity index (χ4v) is 3.22. The number of amides is 1. The van der Waals surface area contributed by atoms with E-state index in [-0.39, 0.29) is 29.3 Å². The van der Waals surface area contributed by atoms with E-state index in [2.05, 4.69) is 35.4 Å². The summed E-state index contributed by atoms with van der Waals surface area (Å²) in [6.45, 7) is 0.0347. The van der Waals surface area contributed by atoms with Crippen LogP contribution >= 0.6 is 0 Å². The Kier molecular flexibility index (Phi) is 5.24. The molecule has 0 atom stereocenters. The van der Waals surface area contributed by atoms with E-state index in [1.54, 1.807) is 24.5 Å². The molecule has 5 rings (SSSR count). The highest BCUT2D eigenvalue weighted by Crippen LogP contribution is 2.31. The van der Waals surface area contributed by atoms with Gasteiger partial charge in [-0.1, -0.05) is 5.16 Å². The number of halogens is 3. The number of nitrogens with zero attached hydrogens (tertiary/aromatic N) is 5. The third kappa shape index (κ3) is 4.33. The van der Waals surface area contributed by atoms with Crippen molar-refractivity contribution in [3.63, 3.8) is 0 Å². The maximum atomic E-state index is 12.9. The molecule has 0 fully saturated rings. The summed E-state index contributed by atoms with van der Waals surface area (Å²) in [4.78, 5) is 31.7. The summed E-state index contributed by atoms with van der Waals surface area (Å²) >= 11 is 0. The number of carbonyl (C=O) groups is 1. The first kappa shape index (κ1) is 21.2. The third-order valence-electron chi connectivity index (χ3n) is 4.89. The van der Waals surface area contributed by atoms with Gasteiger partial charge in [-0.3, -0.25) is 9.78 Å². The molecular formula is C22H14F3N7O2. The van der Waals surface area contributed by atoms with Crippen molar-refractivity contribution in [3.05, 3.63) is 78.1 Å². The van der Waals surface area contributed by atoms with Crippen LogP contribution in [0.1, 0.15) is 21.7 Å². The van der Waals surface area contributed by atoms with Crippen LogP contribution in [0.15, 0.2) is 65.7 Å². The zero-order valence-corrected chi connectivity index (χ0v) is 17.2. The van der Waals surface area contributed by atoms with E-state index in [9.17, 15) is 18.0 Å². The van der Waals surface area contributed by atoms with Crippen molar-refractivity contribution in [2.45, 2.75) is 12.7 Å². The van der Waals surface area contributed by atoms with Crippen LogP contribution in [0.5, 0.6) is 0 Å². The summed E-state index contributed by atoms with van der Waals surface area (Å²) in [7, 11) is 0. The maximum absolute atomic E-state index is 12.9. The number of fused-ring (bicyclic) bond motifs is 1. The van der Waals surface area contributed by atoms with E-state index in [1.807, 2.05) is 6.07 Å². The molecule has 1 amide bonds. The lowest BCUT2D eigenvalue weighted by molar-refractivity contribution is -0.137. The zero-order valence-electron chi connectivity index (χ0n) is 17.2.